The van der Waals surface area contributed by atoms with Crippen molar-refractivity contribution in [2.24, 2.45) is 5.92 Å². The summed E-state index contributed by atoms with van der Waals surface area (Å²) in [5.41, 5.74) is 2.38. The van der Waals surface area contributed by atoms with Crippen LogP contribution in [0, 0.1) is 5.92 Å². The topological polar surface area (TPSA) is 24.5 Å². The SMILES string of the molecule is Clc1ccc(COc2ccc3ccccc3c2CNC2CN3CCC2CC3)cc1. The first kappa shape index (κ1) is 18.9. The first-order chi connectivity index (χ1) is 14.3. The summed E-state index contributed by atoms with van der Waals surface area (Å²) in [6.45, 7) is 5.10. The van der Waals surface area contributed by atoms with Gasteiger partial charge in [-0.25, -0.2) is 0 Å². The van der Waals surface area contributed by atoms with E-state index < -0.39 is 0 Å². The molecule has 3 aliphatic rings. The molecule has 3 nitrogen and oxygen atoms in total. The fourth-order valence-corrected chi connectivity index (χ4v) is 4.93. The molecule has 29 heavy (non-hydrogen) atoms. The second kappa shape index (κ2) is 8.35. The molecular formula is C25H27ClN2O. The summed E-state index contributed by atoms with van der Waals surface area (Å²) in [5, 5.41) is 7.15. The molecule has 3 aliphatic heterocycles. The standard InChI is InChI=1S/C25H27ClN2O/c26-21-8-5-18(6-9-21)17-29-25-10-7-19-3-1-2-4-22(19)23(25)15-27-24-16-28-13-11-20(24)12-14-28/h1-10,20,24,27H,11-17H2. The lowest BCUT2D eigenvalue weighted by atomic mass is 9.84. The molecule has 0 spiro atoms. The Morgan fingerprint density at radius 2 is 1.76 bits per heavy atom. The Kier molecular flexibility index (Phi) is 5.45. The second-order valence-corrected chi connectivity index (χ2v) is 8.74. The maximum Gasteiger partial charge on any atom is 0.124 e. The van der Waals surface area contributed by atoms with Crippen molar-refractivity contribution >= 4 is 22.4 Å². The maximum absolute atomic E-state index is 6.28. The summed E-state index contributed by atoms with van der Waals surface area (Å²) in [5.74, 6) is 1.78. The molecule has 0 aromatic heterocycles. The minimum absolute atomic E-state index is 0.544. The Balaban J connectivity index is 1.37. The number of halogens is 1. The van der Waals surface area contributed by atoms with Crippen molar-refractivity contribution in [3.8, 4) is 5.75 Å². The van der Waals surface area contributed by atoms with Crippen LogP contribution in [0.4, 0.5) is 0 Å². The number of nitrogens with one attached hydrogen (secondary N) is 1. The number of nitrogens with zero attached hydrogens (tertiary/aromatic N) is 1. The zero-order valence-electron chi connectivity index (χ0n) is 16.6. The van der Waals surface area contributed by atoms with E-state index in [0.29, 0.717) is 12.6 Å². The Bertz CT molecular complexity index is 980. The zero-order valence-corrected chi connectivity index (χ0v) is 17.4. The van der Waals surface area contributed by atoms with Gasteiger partial charge in [-0.1, -0.05) is 54.1 Å². The van der Waals surface area contributed by atoms with Crippen LogP contribution >= 0.6 is 11.6 Å². The minimum Gasteiger partial charge on any atom is -0.489 e. The third-order valence-electron chi connectivity index (χ3n) is 6.50. The van der Waals surface area contributed by atoms with E-state index in [1.54, 1.807) is 0 Å². The van der Waals surface area contributed by atoms with Crippen molar-refractivity contribution in [1.29, 1.82) is 0 Å². The first-order valence-corrected chi connectivity index (χ1v) is 11.0. The van der Waals surface area contributed by atoms with Crippen LogP contribution in [0.5, 0.6) is 5.75 Å². The Morgan fingerprint density at radius 3 is 2.52 bits per heavy atom. The van der Waals surface area contributed by atoms with Crippen molar-refractivity contribution in [1.82, 2.24) is 10.2 Å². The summed E-state index contributed by atoms with van der Waals surface area (Å²) < 4.78 is 6.28. The molecule has 0 saturated carbocycles. The van der Waals surface area contributed by atoms with Gasteiger partial charge in [0.05, 0.1) is 0 Å². The van der Waals surface area contributed by atoms with Gasteiger partial charge in [-0.15, -0.1) is 0 Å². The fourth-order valence-electron chi connectivity index (χ4n) is 4.80. The molecular weight excluding hydrogens is 380 g/mol. The number of benzene rings is 3. The van der Waals surface area contributed by atoms with Crippen LogP contribution < -0.4 is 10.1 Å². The van der Waals surface area contributed by atoms with Gasteiger partial charge in [-0.2, -0.15) is 0 Å². The average Bonchev–Trinajstić information content (AvgIpc) is 2.78. The van der Waals surface area contributed by atoms with E-state index in [-0.39, 0.29) is 0 Å². The van der Waals surface area contributed by atoms with Gasteiger partial charge in [-0.3, -0.25) is 0 Å². The Morgan fingerprint density at radius 1 is 0.966 bits per heavy atom. The quantitative estimate of drug-likeness (QED) is 0.604. The highest BCUT2D eigenvalue weighted by atomic mass is 35.5. The summed E-state index contributed by atoms with van der Waals surface area (Å²) in [7, 11) is 0. The molecule has 3 saturated heterocycles. The molecule has 0 aliphatic carbocycles. The molecule has 3 aromatic rings. The van der Waals surface area contributed by atoms with Gasteiger partial charge in [-0.05, 0) is 66.4 Å². The number of piperidine rings is 3. The van der Waals surface area contributed by atoms with Gasteiger partial charge in [0, 0.05) is 29.7 Å². The highest BCUT2D eigenvalue weighted by Gasteiger charge is 2.33. The first-order valence-electron chi connectivity index (χ1n) is 10.6. The molecule has 0 amide bonds. The summed E-state index contributed by atoms with van der Waals surface area (Å²) >= 11 is 6.01. The predicted octanol–water partition coefficient (Wildman–Crippen LogP) is 5.26. The third-order valence-corrected chi connectivity index (χ3v) is 6.75. The summed E-state index contributed by atoms with van der Waals surface area (Å²) in [6.07, 6.45) is 2.65. The third kappa shape index (κ3) is 4.13. The zero-order chi connectivity index (χ0) is 19.6. The molecule has 3 aromatic carbocycles. The van der Waals surface area contributed by atoms with E-state index in [0.717, 1.165) is 28.8 Å². The van der Waals surface area contributed by atoms with Crippen LogP contribution in [-0.2, 0) is 13.2 Å². The molecule has 150 valence electrons. The molecule has 3 heterocycles. The molecule has 6 rings (SSSR count). The van der Waals surface area contributed by atoms with Crippen LogP contribution in [0.3, 0.4) is 0 Å². The van der Waals surface area contributed by atoms with Crippen molar-refractivity contribution < 1.29 is 4.74 Å². The summed E-state index contributed by atoms with van der Waals surface area (Å²) in [4.78, 5) is 2.60. The van der Waals surface area contributed by atoms with Crippen LogP contribution in [0.1, 0.15) is 24.0 Å². The lowest BCUT2D eigenvalue weighted by Gasteiger charge is -2.45. The lowest BCUT2D eigenvalue weighted by Crippen LogP contribution is -2.55. The van der Waals surface area contributed by atoms with Crippen molar-refractivity contribution in [2.75, 3.05) is 19.6 Å². The van der Waals surface area contributed by atoms with Gasteiger partial charge < -0.3 is 15.0 Å². The van der Waals surface area contributed by atoms with E-state index in [4.69, 9.17) is 16.3 Å². The summed E-state index contributed by atoms with van der Waals surface area (Å²) in [6, 6.07) is 21.3. The number of hydrogen-bond acceptors (Lipinski definition) is 3. The van der Waals surface area contributed by atoms with E-state index in [1.807, 2.05) is 24.3 Å². The van der Waals surface area contributed by atoms with Gasteiger partial charge in [0.15, 0.2) is 0 Å². The smallest absolute Gasteiger partial charge is 0.124 e. The fraction of sp³-hybridized carbons (Fsp3) is 0.360. The monoisotopic (exact) mass is 406 g/mol. The Labute approximate surface area is 177 Å². The van der Waals surface area contributed by atoms with Gasteiger partial charge in [0.1, 0.15) is 12.4 Å². The van der Waals surface area contributed by atoms with Gasteiger partial charge in [0.2, 0.25) is 0 Å². The average molecular weight is 407 g/mol. The largest absolute Gasteiger partial charge is 0.489 e. The second-order valence-electron chi connectivity index (χ2n) is 8.30. The number of fused-ring (bicyclic) bond motifs is 4. The number of ether oxygens (including phenoxy) is 1. The minimum atomic E-state index is 0.544. The van der Waals surface area contributed by atoms with Crippen LogP contribution in [0.15, 0.2) is 60.7 Å². The maximum atomic E-state index is 6.28. The molecule has 1 unspecified atom stereocenters. The van der Waals surface area contributed by atoms with Crippen molar-refractivity contribution in [3.63, 3.8) is 0 Å². The molecule has 2 bridgehead atoms. The predicted molar refractivity (Wildman–Crippen MR) is 120 cm³/mol. The van der Waals surface area contributed by atoms with Gasteiger partial charge in [0.25, 0.3) is 0 Å². The molecule has 1 N–H and O–H groups in total. The lowest BCUT2D eigenvalue weighted by molar-refractivity contribution is 0.0719. The highest BCUT2D eigenvalue weighted by molar-refractivity contribution is 6.30. The van der Waals surface area contributed by atoms with Crippen LogP contribution in [0.2, 0.25) is 5.02 Å². The van der Waals surface area contributed by atoms with E-state index in [1.165, 1.54) is 48.8 Å². The van der Waals surface area contributed by atoms with Crippen LogP contribution in [0.25, 0.3) is 10.8 Å². The number of rotatable bonds is 6. The Hall–Kier alpha value is -2.07. The normalized spacial score (nSPS) is 23.4. The molecule has 3 fully saturated rings. The van der Waals surface area contributed by atoms with Crippen molar-refractivity contribution in [3.05, 3.63) is 76.8 Å². The number of hydrogen-bond donors (Lipinski definition) is 1. The van der Waals surface area contributed by atoms with E-state index in [9.17, 15) is 0 Å². The van der Waals surface area contributed by atoms with Crippen molar-refractivity contribution in [2.45, 2.75) is 32.0 Å². The molecule has 0 radical (unpaired) electrons. The molecule has 4 heteroatoms. The van der Waals surface area contributed by atoms with E-state index in [2.05, 4.69) is 46.6 Å². The highest BCUT2D eigenvalue weighted by Crippen LogP contribution is 2.31. The van der Waals surface area contributed by atoms with E-state index >= 15 is 0 Å². The van der Waals surface area contributed by atoms with Crippen LogP contribution in [-0.4, -0.2) is 30.6 Å². The van der Waals surface area contributed by atoms with Gasteiger partial charge >= 0.3 is 0 Å². The molecule has 1 atom stereocenters.